The minimum Gasteiger partial charge on any atom is -0.492 e. The summed E-state index contributed by atoms with van der Waals surface area (Å²) in [6.45, 7) is 0.765. The molecule has 1 saturated carbocycles. The van der Waals surface area contributed by atoms with Gasteiger partial charge < -0.3 is 33.9 Å². The number of fused-ring (bicyclic) bond motifs is 1. The number of carboxylic acid groups (broad SMARTS) is 1. The first kappa shape index (κ1) is 27.8. The van der Waals surface area contributed by atoms with Crippen LogP contribution in [0.1, 0.15) is 35.7 Å². The van der Waals surface area contributed by atoms with E-state index in [0.29, 0.717) is 25.0 Å². The Hall–Kier alpha value is -4.39. The first-order valence-electron chi connectivity index (χ1n) is 13.6. The molecule has 222 valence electrons. The maximum Gasteiger partial charge on any atom is 0.414 e. The van der Waals surface area contributed by atoms with Crippen LogP contribution in [-0.2, 0) is 4.74 Å². The van der Waals surface area contributed by atoms with Crippen molar-refractivity contribution in [1.82, 2.24) is 4.57 Å². The van der Waals surface area contributed by atoms with Gasteiger partial charge in [0.05, 0.1) is 43.5 Å². The second kappa shape index (κ2) is 10.8. The van der Waals surface area contributed by atoms with E-state index in [2.05, 4.69) is 0 Å². The van der Waals surface area contributed by atoms with Gasteiger partial charge in [-0.05, 0) is 37.5 Å². The number of cyclic esters (lactones) is 1. The maximum absolute atomic E-state index is 15.6. The number of aromatic nitrogens is 1. The molecule has 1 aliphatic carbocycles. The van der Waals surface area contributed by atoms with Gasteiger partial charge in [0, 0.05) is 37.3 Å². The predicted octanol–water partition coefficient (Wildman–Crippen LogP) is 3.54. The monoisotopic (exact) mass is 585 g/mol. The van der Waals surface area contributed by atoms with Gasteiger partial charge in [-0.3, -0.25) is 9.69 Å². The van der Waals surface area contributed by atoms with E-state index in [0.717, 1.165) is 18.9 Å². The smallest absolute Gasteiger partial charge is 0.414 e. The zero-order valence-electron chi connectivity index (χ0n) is 22.7. The Morgan fingerprint density at radius 3 is 2.55 bits per heavy atom. The quantitative estimate of drug-likeness (QED) is 0.387. The number of aliphatic hydroxyl groups excluding tert-OH is 1. The summed E-state index contributed by atoms with van der Waals surface area (Å²) in [5, 5.41) is 18.7. The van der Waals surface area contributed by atoms with Gasteiger partial charge in [-0.15, -0.1) is 0 Å². The Bertz CT molecular complexity index is 1640. The standard InChI is InChI=1S/C29H29F2N3O8/c1-40-27-24-19(26(36)20(28(37)38)12-33(24)16-2-3-16)9-22(31)25(27)32-7-6-15(10-32)14-41-23-5-4-17(8-21(23)30)34-11-18(13-35)42-29(34)39/h4-5,8-9,12,15-16,18,35H,2-3,6-7,10-11,13-14H2,1H3,(H,37,38)/t15?,18-/m1/s1. The van der Waals surface area contributed by atoms with E-state index in [9.17, 15) is 29.0 Å². The van der Waals surface area contributed by atoms with Gasteiger partial charge in [0.1, 0.15) is 17.4 Å². The second-order valence-electron chi connectivity index (χ2n) is 10.8. The molecule has 13 heteroatoms. The van der Waals surface area contributed by atoms with Gasteiger partial charge in [0.2, 0.25) is 5.43 Å². The summed E-state index contributed by atoms with van der Waals surface area (Å²) in [7, 11) is 1.39. The SMILES string of the molecule is COc1c(N2CCC(COc3ccc(N4C[C@H](CO)OC4=O)cc3F)C2)c(F)cc2c(=O)c(C(=O)O)cn(C3CC3)c12. The van der Waals surface area contributed by atoms with E-state index < -0.39 is 40.8 Å². The van der Waals surface area contributed by atoms with E-state index in [-0.39, 0.29) is 60.0 Å². The Labute approximate surface area is 238 Å². The number of hydrogen-bond donors (Lipinski definition) is 2. The summed E-state index contributed by atoms with van der Waals surface area (Å²) in [5.41, 5.74) is -0.364. The molecule has 2 aromatic carbocycles. The number of carbonyl (C=O) groups excluding carboxylic acids is 1. The van der Waals surface area contributed by atoms with Crippen molar-refractivity contribution in [2.24, 2.45) is 5.92 Å². The lowest BCUT2D eigenvalue weighted by Crippen LogP contribution is -2.25. The molecule has 6 rings (SSSR count). The number of ether oxygens (including phenoxy) is 3. The summed E-state index contributed by atoms with van der Waals surface area (Å²) in [5.74, 6) is -2.65. The average molecular weight is 586 g/mol. The molecule has 3 fully saturated rings. The van der Waals surface area contributed by atoms with Crippen LogP contribution in [-0.4, -0.2) is 72.9 Å². The summed E-state index contributed by atoms with van der Waals surface area (Å²) >= 11 is 0. The molecule has 2 N–H and O–H groups in total. The molecular weight excluding hydrogens is 556 g/mol. The molecule has 0 spiro atoms. The number of rotatable bonds is 9. The minimum atomic E-state index is -1.37. The molecule has 3 heterocycles. The number of hydrogen-bond acceptors (Lipinski definition) is 8. The Morgan fingerprint density at radius 1 is 1.12 bits per heavy atom. The van der Waals surface area contributed by atoms with Crippen LogP contribution in [0.3, 0.4) is 0 Å². The van der Waals surface area contributed by atoms with Gasteiger partial charge in [0.25, 0.3) is 0 Å². The fourth-order valence-corrected chi connectivity index (χ4v) is 5.71. The molecule has 0 radical (unpaired) electrons. The zero-order chi connectivity index (χ0) is 29.7. The normalized spacial score (nSPS) is 20.3. The van der Waals surface area contributed by atoms with Crippen molar-refractivity contribution < 1.29 is 42.8 Å². The molecule has 2 aliphatic heterocycles. The molecule has 2 saturated heterocycles. The van der Waals surface area contributed by atoms with E-state index in [4.69, 9.17) is 14.2 Å². The van der Waals surface area contributed by atoms with E-state index >= 15 is 4.39 Å². The number of anilines is 2. The maximum atomic E-state index is 15.6. The van der Waals surface area contributed by atoms with Crippen molar-refractivity contribution in [3.05, 3.63) is 57.9 Å². The third-order valence-corrected chi connectivity index (χ3v) is 7.95. The van der Waals surface area contributed by atoms with E-state index in [1.54, 1.807) is 9.47 Å². The zero-order valence-corrected chi connectivity index (χ0v) is 22.7. The van der Waals surface area contributed by atoms with Gasteiger partial charge >= 0.3 is 12.1 Å². The third kappa shape index (κ3) is 4.87. The number of nitrogens with zero attached hydrogens (tertiary/aromatic N) is 3. The van der Waals surface area contributed by atoms with Crippen molar-refractivity contribution in [2.45, 2.75) is 31.4 Å². The second-order valence-corrected chi connectivity index (χ2v) is 10.8. The first-order valence-corrected chi connectivity index (χ1v) is 13.6. The summed E-state index contributed by atoms with van der Waals surface area (Å²) in [6.07, 6.45) is 2.21. The molecule has 2 atom stereocenters. The van der Waals surface area contributed by atoms with E-state index in [1.165, 1.54) is 36.4 Å². The predicted molar refractivity (Wildman–Crippen MR) is 147 cm³/mol. The molecule has 1 amide bonds. The molecule has 1 unspecified atom stereocenters. The van der Waals surface area contributed by atoms with Gasteiger partial charge in [-0.2, -0.15) is 0 Å². The van der Waals surface area contributed by atoms with Crippen molar-refractivity contribution >= 4 is 34.3 Å². The molecule has 3 aliphatic rings. The number of carboxylic acids is 1. The minimum absolute atomic E-state index is 0.000578. The lowest BCUT2D eigenvalue weighted by atomic mass is 10.1. The molecule has 0 bridgehead atoms. The Kier molecular flexibility index (Phi) is 7.13. The van der Waals surface area contributed by atoms with Crippen LogP contribution in [0.2, 0.25) is 0 Å². The highest BCUT2D eigenvalue weighted by molar-refractivity contribution is 5.97. The highest BCUT2D eigenvalue weighted by Gasteiger charge is 2.34. The summed E-state index contributed by atoms with van der Waals surface area (Å²) in [6, 6.07) is 5.20. The van der Waals surface area contributed by atoms with Crippen LogP contribution in [0.25, 0.3) is 10.9 Å². The number of amides is 1. The van der Waals surface area contributed by atoms with Crippen LogP contribution in [0.15, 0.2) is 35.3 Å². The van der Waals surface area contributed by atoms with Crippen molar-refractivity contribution in [1.29, 1.82) is 0 Å². The molecule has 42 heavy (non-hydrogen) atoms. The fraction of sp³-hybridized carbons (Fsp3) is 0.414. The topological polar surface area (TPSA) is 131 Å². The van der Waals surface area contributed by atoms with Gasteiger partial charge in [-0.25, -0.2) is 18.4 Å². The number of aliphatic hydroxyl groups is 1. The van der Waals surface area contributed by atoms with Crippen molar-refractivity contribution in [3.8, 4) is 11.5 Å². The molecule has 1 aromatic heterocycles. The lowest BCUT2D eigenvalue weighted by molar-refractivity contribution is 0.0694. The Balaban J connectivity index is 1.21. The third-order valence-electron chi connectivity index (χ3n) is 7.95. The van der Waals surface area contributed by atoms with Crippen LogP contribution in [0.5, 0.6) is 11.5 Å². The van der Waals surface area contributed by atoms with Crippen LogP contribution < -0.4 is 24.7 Å². The van der Waals surface area contributed by atoms with Crippen LogP contribution in [0, 0.1) is 17.6 Å². The van der Waals surface area contributed by atoms with Crippen molar-refractivity contribution in [2.75, 3.05) is 49.8 Å². The summed E-state index contributed by atoms with van der Waals surface area (Å²) in [4.78, 5) is 39.7. The highest BCUT2D eigenvalue weighted by Crippen LogP contribution is 2.44. The van der Waals surface area contributed by atoms with Gasteiger partial charge in [0.15, 0.2) is 23.1 Å². The number of methoxy groups -OCH3 is 1. The summed E-state index contributed by atoms with van der Waals surface area (Å²) < 4.78 is 48.6. The number of pyridine rings is 1. The fourth-order valence-electron chi connectivity index (χ4n) is 5.71. The van der Waals surface area contributed by atoms with Gasteiger partial charge in [-0.1, -0.05) is 0 Å². The first-order chi connectivity index (χ1) is 20.2. The lowest BCUT2D eigenvalue weighted by Gasteiger charge is -2.25. The number of halogens is 2. The number of benzene rings is 2. The highest BCUT2D eigenvalue weighted by atomic mass is 19.1. The number of aromatic carboxylic acids is 1. The van der Waals surface area contributed by atoms with Crippen molar-refractivity contribution in [3.63, 3.8) is 0 Å². The molecular formula is C29H29F2N3O8. The average Bonchev–Trinajstić information content (AvgIpc) is 3.58. The Morgan fingerprint density at radius 2 is 1.90 bits per heavy atom. The molecule has 3 aromatic rings. The number of carbonyl (C=O) groups is 2. The largest absolute Gasteiger partial charge is 0.492 e. The van der Waals surface area contributed by atoms with Crippen LogP contribution in [0.4, 0.5) is 25.0 Å². The van der Waals surface area contributed by atoms with Crippen LogP contribution >= 0.6 is 0 Å². The molecule has 11 nitrogen and oxygen atoms in total. The van der Waals surface area contributed by atoms with E-state index in [1.807, 2.05) is 0 Å².